The van der Waals surface area contributed by atoms with E-state index in [0.717, 1.165) is 24.3 Å². The number of aliphatic hydroxyl groups is 1. The molecule has 0 fully saturated rings. The summed E-state index contributed by atoms with van der Waals surface area (Å²) in [5.41, 5.74) is -0.0844. The Kier molecular flexibility index (Phi) is 3.73. The quantitative estimate of drug-likeness (QED) is 0.889. The van der Waals surface area contributed by atoms with Gasteiger partial charge in [-0.15, -0.1) is 0 Å². The monoisotopic (exact) mass is 316 g/mol. The zero-order valence-corrected chi connectivity index (χ0v) is 10.6. The minimum absolute atomic E-state index is 0.145. The minimum Gasteiger partial charge on any atom is -0.384 e. The summed E-state index contributed by atoms with van der Waals surface area (Å²) in [6.07, 6.45) is -1.42. The van der Waals surface area contributed by atoms with Gasteiger partial charge in [0.05, 0.1) is 0 Å². The van der Waals surface area contributed by atoms with Crippen LogP contribution in [0, 0.1) is 17.5 Å². The molecule has 0 aliphatic carbocycles. The van der Waals surface area contributed by atoms with Crippen LogP contribution in [0.2, 0.25) is 0 Å². The summed E-state index contributed by atoms with van der Waals surface area (Å²) >= 11 is 3.07. The molecule has 2 rings (SSSR count). The van der Waals surface area contributed by atoms with E-state index in [0.29, 0.717) is 4.47 Å². The zero-order valence-electron chi connectivity index (χ0n) is 9.00. The summed E-state index contributed by atoms with van der Waals surface area (Å²) < 4.78 is 40.1. The highest BCUT2D eigenvalue weighted by molar-refractivity contribution is 9.10. The van der Waals surface area contributed by atoms with Crippen molar-refractivity contribution in [3.05, 3.63) is 69.4 Å². The first-order valence-electron chi connectivity index (χ1n) is 5.06. The Hall–Kier alpha value is -1.33. The first-order valence-corrected chi connectivity index (χ1v) is 5.85. The summed E-state index contributed by atoms with van der Waals surface area (Å²) in [4.78, 5) is 0. The van der Waals surface area contributed by atoms with E-state index in [9.17, 15) is 18.3 Å². The van der Waals surface area contributed by atoms with Crippen molar-refractivity contribution in [1.82, 2.24) is 0 Å². The number of hydrogen-bond donors (Lipinski definition) is 1. The van der Waals surface area contributed by atoms with Gasteiger partial charge < -0.3 is 5.11 Å². The molecule has 0 aliphatic rings. The lowest BCUT2D eigenvalue weighted by Crippen LogP contribution is -2.04. The molecule has 18 heavy (non-hydrogen) atoms. The van der Waals surface area contributed by atoms with Crippen LogP contribution in [0.4, 0.5) is 13.2 Å². The second-order valence-electron chi connectivity index (χ2n) is 3.77. The predicted octanol–water partition coefficient (Wildman–Crippen LogP) is 3.95. The van der Waals surface area contributed by atoms with Gasteiger partial charge in [0.25, 0.3) is 0 Å². The Morgan fingerprint density at radius 1 is 0.944 bits per heavy atom. The van der Waals surface area contributed by atoms with Crippen LogP contribution in [0.25, 0.3) is 0 Å². The van der Waals surface area contributed by atoms with Crippen molar-refractivity contribution >= 4 is 15.9 Å². The van der Waals surface area contributed by atoms with E-state index in [1.807, 2.05) is 0 Å². The number of rotatable bonds is 2. The van der Waals surface area contributed by atoms with E-state index in [2.05, 4.69) is 15.9 Å². The van der Waals surface area contributed by atoms with Crippen LogP contribution in [0.1, 0.15) is 17.2 Å². The lowest BCUT2D eigenvalue weighted by molar-refractivity contribution is 0.213. The van der Waals surface area contributed by atoms with Gasteiger partial charge in [-0.3, -0.25) is 0 Å². The number of aliphatic hydroxyl groups excluding tert-OH is 1. The second-order valence-corrected chi connectivity index (χ2v) is 4.69. The molecule has 0 aliphatic heterocycles. The van der Waals surface area contributed by atoms with Gasteiger partial charge in [-0.1, -0.05) is 15.9 Å². The zero-order chi connectivity index (χ0) is 13.3. The molecule has 5 heteroatoms. The second kappa shape index (κ2) is 5.12. The third kappa shape index (κ3) is 2.73. The molecule has 0 amide bonds. The van der Waals surface area contributed by atoms with Crippen molar-refractivity contribution in [2.45, 2.75) is 6.10 Å². The highest BCUT2D eigenvalue weighted by Gasteiger charge is 2.17. The van der Waals surface area contributed by atoms with E-state index < -0.39 is 23.6 Å². The summed E-state index contributed by atoms with van der Waals surface area (Å²) in [5, 5.41) is 9.95. The van der Waals surface area contributed by atoms with Gasteiger partial charge in [-0.25, -0.2) is 13.2 Å². The van der Waals surface area contributed by atoms with Crippen LogP contribution >= 0.6 is 15.9 Å². The first kappa shape index (κ1) is 13.1. The summed E-state index contributed by atoms with van der Waals surface area (Å²) in [7, 11) is 0. The summed E-state index contributed by atoms with van der Waals surface area (Å²) in [6.45, 7) is 0. The van der Waals surface area contributed by atoms with Crippen LogP contribution in [-0.2, 0) is 0 Å². The van der Waals surface area contributed by atoms with Crippen LogP contribution in [0.5, 0.6) is 0 Å². The third-order valence-electron chi connectivity index (χ3n) is 2.45. The van der Waals surface area contributed by atoms with Crippen molar-refractivity contribution in [1.29, 1.82) is 0 Å². The normalized spacial score (nSPS) is 12.5. The molecule has 0 radical (unpaired) electrons. The van der Waals surface area contributed by atoms with Gasteiger partial charge in [0.1, 0.15) is 23.6 Å². The number of halogens is 4. The van der Waals surface area contributed by atoms with Crippen molar-refractivity contribution in [3.63, 3.8) is 0 Å². The Balaban J connectivity index is 2.47. The van der Waals surface area contributed by atoms with Crippen LogP contribution in [-0.4, -0.2) is 5.11 Å². The molecular weight excluding hydrogens is 309 g/mol. The summed E-state index contributed by atoms with van der Waals surface area (Å²) in [6, 6.07) is 6.48. The molecule has 1 N–H and O–H groups in total. The van der Waals surface area contributed by atoms with E-state index in [4.69, 9.17) is 0 Å². The van der Waals surface area contributed by atoms with Crippen molar-refractivity contribution in [3.8, 4) is 0 Å². The molecule has 0 spiro atoms. The first-order chi connectivity index (χ1) is 8.47. The largest absolute Gasteiger partial charge is 0.384 e. The smallest absolute Gasteiger partial charge is 0.129 e. The van der Waals surface area contributed by atoms with Gasteiger partial charge in [0.2, 0.25) is 0 Å². The predicted molar refractivity (Wildman–Crippen MR) is 64.5 cm³/mol. The Bertz CT molecular complexity index is 566. The number of hydrogen-bond acceptors (Lipinski definition) is 1. The van der Waals surface area contributed by atoms with Crippen LogP contribution in [0.15, 0.2) is 40.9 Å². The maximum Gasteiger partial charge on any atom is 0.129 e. The highest BCUT2D eigenvalue weighted by atomic mass is 79.9. The minimum atomic E-state index is -1.42. The molecule has 1 nitrogen and oxygen atoms in total. The van der Waals surface area contributed by atoms with Gasteiger partial charge in [-0.05, 0) is 42.0 Å². The summed E-state index contributed by atoms with van der Waals surface area (Å²) in [5.74, 6) is -1.99. The molecule has 0 aromatic heterocycles. The Morgan fingerprint density at radius 2 is 1.67 bits per heavy atom. The fourth-order valence-electron chi connectivity index (χ4n) is 1.64. The van der Waals surface area contributed by atoms with Crippen LogP contribution in [0.3, 0.4) is 0 Å². The lowest BCUT2D eigenvalue weighted by atomic mass is 10.0. The topological polar surface area (TPSA) is 20.2 Å². The van der Waals surface area contributed by atoms with Gasteiger partial charge in [0.15, 0.2) is 0 Å². The van der Waals surface area contributed by atoms with Gasteiger partial charge >= 0.3 is 0 Å². The third-order valence-corrected chi connectivity index (χ3v) is 2.91. The molecule has 94 valence electrons. The van der Waals surface area contributed by atoms with Crippen molar-refractivity contribution < 1.29 is 18.3 Å². The Morgan fingerprint density at radius 3 is 2.33 bits per heavy atom. The average molecular weight is 317 g/mol. The van der Waals surface area contributed by atoms with E-state index in [1.165, 1.54) is 12.1 Å². The Labute approximate surface area is 110 Å². The standard InChI is InChI=1S/C13H8BrF3O/c14-8-3-7(4-10(16)5-8)13(18)11-6-9(15)1-2-12(11)17/h1-6,13,18H. The molecule has 2 aromatic carbocycles. The van der Waals surface area contributed by atoms with Gasteiger partial charge in [-0.2, -0.15) is 0 Å². The fourth-order valence-corrected chi connectivity index (χ4v) is 2.12. The van der Waals surface area contributed by atoms with Crippen molar-refractivity contribution in [2.24, 2.45) is 0 Å². The van der Waals surface area contributed by atoms with E-state index in [-0.39, 0.29) is 11.1 Å². The molecule has 2 aromatic rings. The molecule has 0 bridgehead atoms. The molecule has 0 heterocycles. The molecule has 1 atom stereocenters. The van der Waals surface area contributed by atoms with E-state index in [1.54, 1.807) is 0 Å². The molecule has 0 saturated carbocycles. The lowest BCUT2D eigenvalue weighted by Gasteiger charge is -2.13. The molecular formula is C13H8BrF3O. The molecule has 0 saturated heterocycles. The number of benzene rings is 2. The highest BCUT2D eigenvalue weighted by Crippen LogP contribution is 2.27. The SMILES string of the molecule is OC(c1cc(F)cc(Br)c1)c1cc(F)ccc1F. The fraction of sp³-hybridized carbons (Fsp3) is 0.0769. The molecule has 1 unspecified atom stereocenters. The van der Waals surface area contributed by atoms with Crippen LogP contribution < -0.4 is 0 Å². The average Bonchev–Trinajstić information content (AvgIpc) is 2.30. The van der Waals surface area contributed by atoms with Crippen molar-refractivity contribution in [2.75, 3.05) is 0 Å². The maximum absolute atomic E-state index is 13.5. The van der Waals surface area contributed by atoms with E-state index >= 15 is 0 Å². The van der Waals surface area contributed by atoms with Gasteiger partial charge in [0, 0.05) is 10.0 Å². The maximum atomic E-state index is 13.5.